The molecular weight excluding hydrogens is 310 g/mol. The average molecular weight is 341 g/mol. The summed E-state index contributed by atoms with van der Waals surface area (Å²) in [6.07, 6.45) is 2.04. The average Bonchev–Trinajstić information content (AvgIpc) is 3.40. The summed E-state index contributed by atoms with van der Waals surface area (Å²) in [4.78, 5) is 12.3. The molecule has 0 aromatic heterocycles. The van der Waals surface area contributed by atoms with Crippen molar-refractivity contribution in [1.29, 1.82) is 5.26 Å². The molecule has 136 valence electrons. The minimum absolute atomic E-state index is 0.111. The number of benzene rings is 1. The summed E-state index contributed by atoms with van der Waals surface area (Å²) in [5.41, 5.74) is 1.78. The van der Waals surface area contributed by atoms with Crippen LogP contribution in [0.1, 0.15) is 70.5 Å². The van der Waals surface area contributed by atoms with E-state index in [4.69, 9.17) is 0 Å². The third kappa shape index (κ3) is 5.06. The van der Waals surface area contributed by atoms with Crippen LogP contribution in [0.5, 0.6) is 0 Å². The topological polar surface area (TPSA) is 64.9 Å². The van der Waals surface area contributed by atoms with Crippen LogP contribution in [0, 0.1) is 23.2 Å². The molecule has 1 amide bonds. The molecule has 2 rings (SSSR count). The van der Waals surface area contributed by atoms with E-state index < -0.39 is 5.54 Å². The lowest BCUT2D eigenvalue weighted by atomic mass is 9.93. The van der Waals surface area contributed by atoms with Gasteiger partial charge in [-0.3, -0.25) is 4.79 Å². The molecule has 1 aliphatic carbocycles. The van der Waals surface area contributed by atoms with Gasteiger partial charge >= 0.3 is 0 Å². The fourth-order valence-corrected chi connectivity index (χ4v) is 3.25. The Kier molecular flexibility index (Phi) is 6.24. The fraction of sp³-hybridized carbons (Fsp3) is 0.619. The largest absolute Gasteiger partial charge is 0.337 e. The van der Waals surface area contributed by atoms with Crippen molar-refractivity contribution in [3.05, 3.63) is 35.4 Å². The lowest BCUT2D eigenvalue weighted by Gasteiger charge is -2.26. The van der Waals surface area contributed by atoms with Gasteiger partial charge in [0.1, 0.15) is 5.54 Å². The number of carbonyl (C=O) groups is 1. The van der Waals surface area contributed by atoms with E-state index in [9.17, 15) is 10.1 Å². The van der Waals surface area contributed by atoms with E-state index in [0.29, 0.717) is 17.8 Å². The zero-order valence-corrected chi connectivity index (χ0v) is 16.1. The number of nitrogens with one attached hydrogen (secondary N) is 2. The number of nitrogens with zero attached hydrogens (tertiary/aromatic N) is 1. The van der Waals surface area contributed by atoms with Crippen molar-refractivity contribution in [3.63, 3.8) is 0 Å². The zero-order chi connectivity index (χ0) is 18.6. The molecule has 0 saturated heterocycles. The van der Waals surface area contributed by atoms with Crippen LogP contribution in [-0.4, -0.2) is 18.0 Å². The van der Waals surface area contributed by atoms with Crippen molar-refractivity contribution in [2.45, 2.75) is 65.0 Å². The Balaban J connectivity index is 1.97. The summed E-state index contributed by atoms with van der Waals surface area (Å²) >= 11 is 0. The Bertz CT molecular complexity index is 626. The Morgan fingerprint density at radius 1 is 1.20 bits per heavy atom. The van der Waals surface area contributed by atoms with Crippen LogP contribution >= 0.6 is 0 Å². The molecule has 2 atom stereocenters. The quantitative estimate of drug-likeness (QED) is 0.753. The highest BCUT2D eigenvalue weighted by atomic mass is 16.2. The number of carbonyl (C=O) groups excluding carboxylic acids is 1. The molecule has 0 unspecified atom stereocenters. The van der Waals surface area contributed by atoms with Gasteiger partial charge in [0.2, 0.25) is 5.91 Å². The summed E-state index contributed by atoms with van der Waals surface area (Å²) in [7, 11) is 0. The number of hydrogen-bond acceptors (Lipinski definition) is 3. The van der Waals surface area contributed by atoms with E-state index in [1.165, 1.54) is 11.1 Å². The Morgan fingerprint density at radius 2 is 1.76 bits per heavy atom. The van der Waals surface area contributed by atoms with Crippen molar-refractivity contribution >= 4 is 5.91 Å². The molecule has 2 N–H and O–H groups in total. The first-order valence-corrected chi connectivity index (χ1v) is 9.32. The number of nitriles is 1. The first-order chi connectivity index (χ1) is 11.8. The van der Waals surface area contributed by atoms with Crippen molar-refractivity contribution in [2.24, 2.45) is 11.8 Å². The highest BCUT2D eigenvalue weighted by molar-refractivity contribution is 5.79. The summed E-state index contributed by atoms with van der Waals surface area (Å²) in [5, 5.41) is 15.7. The van der Waals surface area contributed by atoms with Gasteiger partial charge < -0.3 is 10.6 Å². The van der Waals surface area contributed by atoms with E-state index in [2.05, 4.69) is 68.7 Å². The van der Waals surface area contributed by atoms with Gasteiger partial charge in [0.25, 0.3) is 0 Å². The van der Waals surface area contributed by atoms with Crippen LogP contribution in [-0.2, 0) is 4.79 Å². The van der Waals surface area contributed by atoms with Crippen LogP contribution in [0.25, 0.3) is 0 Å². The van der Waals surface area contributed by atoms with E-state index >= 15 is 0 Å². The van der Waals surface area contributed by atoms with E-state index in [0.717, 1.165) is 12.8 Å². The van der Waals surface area contributed by atoms with Gasteiger partial charge in [-0.05, 0) is 48.6 Å². The first-order valence-electron chi connectivity index (χ1n) is 9.32. The van der Waals surface area contributed by atoms with Gasteiger partial charge in [-0.2, -0.15) is 5.26 Å². The maximum Gasteiger partial charge on any atom is 0.235 e. The molecule has 0 radical (unpaired) electrons. The normalized spacial score (nSPS) is 17.8. The standard InChI is InChI=1S/C21H31N3O/c1-14(2)16-6-8-17(9-7-16)20(15(3)4)23-12-19(25)24-21(5,13-22)18-10-11-18/h6-9,14-15,18,20,23H,10-12H2,1-5H3,(H,24,25)/t20-,21+/m1/s1. The second-order valence-corrected chi connectivity index (χ2v) is 8.06. The van der Waals surface area contributed by atoms with Crippen LogP contribution in [0.15, 0.2) is 24.3 Å². The SMILES string of the molecule is CC(C)c1ccc([C@H](NCC(=O)N[C@@](C)(C#N)C2CC2)C(C)C)cc1. The van der Waals surface area contributed by atoms with E-state index in [-0.39, 0.29) is 18.5 Å². The Labute approximate surface area is 152 Å². The highest BCUT2D eigenvalue weighted by Gasteiger charge is 2.42. The van der Waals surface area contributed by atoms with Crippen LogP contribution in [0.3, 0.4) is 0 Å². The summed E-state index contributed by atoms with van der Waals surface area (Å²) in [6, 6.07) is 11.0. The second kappa shape index (κ2) is 8.01. The molecule has 0 spiro atoms. The summed E-state index contributed by atoms with van der Waals surface area (Å²) in [5.74, 6) is 1.06. The Morgan fingerprint density at radius 3 is 2.20 bits per heavy atom. The molecule has 1 fully saturated rings. The predicted octanol–water partition coefficient (Wildman–Crippen LogP) is 3.91. The van der Waals surface area contributed by atoms with Gasteiger partial charge in [-0.15, -0.1) is 0 Å². The number of amides is 1. The first kappa shape index (κ1) is 19.5. The van der Waals surface area contributed by atoms with Gasteiger partial charge in [0.05, 0.1) is 12.6 Å². The van der Waals surface area contributed by atoms with Crippen LogP contribution < -0.4 is 10.6 Å². The Hall–Kier alpha value is -1.86. The van der Waals surface area contributed by atoms with Crippen LogP contribution in [0.4, 0.5) is 0 Å². The highest BCUT2D eigenvalue weighted by Crippen LogP contribution is 2.39. The lowest BCUT2D eigenvalue weighted by Crippen LogP contribution is -2.50. The third-order valence-electron chi connectivity index (χ3n) is 5.14. The molecule has 1 aromatic carbocycles. The van der Waals surface area contributed by atoms with Gasteiger partial charge in [-0.25, -0.2) is 0 Å². The van der Waals surface area contributed by atoms with Gasteiger partial charge in [0, 0.05) is 6.04 Å². The summed E-state index contributed by atoms with van der Waals surface area (Å²) < 4.78 is 0. The van der Waals surface area contributed by atoms with E-state index in [1.54, 1.807) is 0 Å². The molecule has 0 heterocycles. The van der Waals surface area contributed by atoms with Crippen molar-refractivity contribution in [1.82, 2.24) is 10.6 Å². The van der Waals surface area contributed by atoms with Gasteiger partial charge in [0.15, 0.2) is 0 Å². The number of rotatable bonds is 8. The maximum atomic E-state index is 12.3. The van der Waals surface area contributed by atoms with Crippen molar-refractivity contribution in [3.8, 4) is 6.07 Å². The maximum absolute atomic E-state index is 12.3. The molecule has 1 aliphatic rings. The minimum Gasteiger partial charge on any atom is -0.337 e. The third-order valence-corrected chi connectivity index (χ3v) is 5.14. The van der Waals surface area contributed by atoms with Gasteiger partial charge in [-0.1, -0.05) is 52.0 Å². The molecule has 0 bridgehead atoms. The zero-order valence-electron chi connectivity index (χ0n) is 16.1. The molecular formula is C21H31N3O. The number of hydrogen-bond donors (Lipinski definition) is 2. The molecule has 1 aromatic rings. The van der Waals surface area contributed by atoms with E-state index in [1.807, 2.05) is 6.92 Å². The predicted molar refractivity (Wildman–Crippen MR) is 101 cm³/mol. The molecule has 0 aliphatic heterocycles. The molecule has 25 heavy (non-hydrogen) atoms. The monoisotopic (exact) mass is 341 g/mol. The molecule has 4 heteroatoms. The molecule has 4 nitrogen and oxygen atoms in total. The summed E-state index contributed by atoms with van der Waals surface area (Å²) in [6.45, 7) is 10.7. The minimum atomic E-state index is -0.731. The lowest BCUT2D eigenvalue weighted by molar-refractivity contribution is -0.121. The second-order valence-electron chi connectivity index (χ2n) is 8.06. The van der Waals surface area contributed by atoms with Crippen molar-refractivity contribution < 1.29 is 4.79 Å². The van der Waals surface area contributed by atoms with Crippen LogP contribution in [0.2, 0.25) is 0 Å². The fourth-order valence-electron chi connectivity index (χ4n) is 3.25. The van der Waals surface area contributed by atoms with Crippen molar-refractivity contribution in [2.75, 3.05) is 6.54 Å². The molecule has 1 saturated carbocycles. The smallest absolute Gasteiger partial charge is 0.235 e.